The first-order chi connectivity index (χ1) is 16.6. The third-order valence-corrected chi connectivity index (χ3v) is 6.84. The molecule has 8 nitrogen and oxygen atoms in total. The average molecular weight is 456 g/mol. The first-order valence-corrected chi connectivity index (χ1v) is 12.1. The number of hydrogen-bond donors (Lipinski definition) is 2. The van der Waals surface area contributed by atoms with Crippen LogP contribution in [0.2, 0.25) is 0 Å². The summed E-state index contributed by atoms with van der Waals surface area (Å²) in [5.41, 5.74) is 3.42. The van der Waals surface area contributed by atoms with Gasteiger partial charge in [0.2, 0.25) is 5.95 Å². The summed E-state index contributed by atoms with van der Waals surface area (Å²) < 4.78 is 3.87. The molecule has 0 bridgehead atoms. The normalized spacial score (nSPS) is 18.1. The van der Waals surface area contributed by atoms with Gasteiger partial charge in [0.1, 0.15) is 11.5 Å². The minimum Gasteiger partial charge on any atom is -0.328 e. The van der Waals surface area contributed by atoms with E-state index in [2.05, 4.69) is 49.4 Å². The summed E-state index contributed by atoms with van der Waals surface area (Å²) >= 11 is 0. The van der Waals surface area contributed by atoms with Crippen molar-refractivity contribution in [3.63, 3.8) is 0 Å². The first-order valence-electron chi connectivity index (χ1n) is 12.1. The number of rotatable bonds is 6. The third-order valence-electron chi connectivity index (χ3n) is 6.84. The van der Waals surface area contributed by atoms with Crippen molar-refractivity contribution in [2.75, 3.05) is 18.4 Å². The maximum absolute atomic E-state index is 13.6. The largest absolute Gasteiger partial charge is 0.328 e. The molecule has 1 aliphatic heterocycles. The van der Waals surface area contributed by atoms with Crippen LogP contribution in [0.4, 0.5) is 11.6 Å². The molecule has 8 heteroatoms. The van der Waals surface area contributed by atoms with Gasteiger partial charge in [0, 0.05) is 48.3 Å². The summed E-state index contributed by atoms with van der Waals surface area (Å²) in [6.07, 6.45) is 8.97. The van der Waals surface area contributed by atoms with Crippen LogP contribution in [0, 0.1) is 0 Å². The standard InChI is InChI=1S/C26H29N7O/c1-16(2)33-23-19(13-22(25(33)34)24-28-11-12-32(24)21-7-8-21)15-29-26(31-23)30-20-5-3-17(4-6-20)18-9-10-27-14-18/h3-6,11-13,15-16,18,21,27H,7-10,14H2,1-2H3,(H,29,30,31). The highest BCUT2D eigenvalue weighted by atomic mass is 16.1. The molecule has 1 unspecified atom stereocenters. The molecule has 4 aromatic rings. The summed E-state index contributed by atoms with van der Waals surface area (Å²) in [7, 11) is 0. The highest BCUT2D eigenvalue weighted by molar-refractivity contribution is 5.80. The quantitative estimate of drug-likeness (QED) is 0.448. The molecule has 1 atom stereocenters. The fraction of sp³-hybridized carbons (Fsp3) is 0.385. The van der Waals surface area contributed by atoms with E-state index >= 15 is 0 Å². The predicted molar refractivity (Wildman–Crippen MR) is 134 cm³/mol. The topological polar surface area (TPSA) is 89.7 Å². The van der Waals surface area contributed by atoms with Crippen LogP contribution in [0.15, 0.2) is 53.7 Å². The smallest absolute Gasteiger partial charge is 0.263 e. The van der Waals surface area contributed by atoms with Gasteiger partial charge >= 0.3 is 0 Å². The molecule has 174 valence electrons. The van der Waals surface area contributed by atoms with Crippen molar-refractivity contribution in [3.05, 3.63) is 64.8 Å². The summed E-state index contributed by atoms with van der Waals surface area (Å²) in [4.78, 5) is 27.4. The van der Waals surface area contributed by atoms with Gasteiger partial charge in [-0.25, -0.2) is 9.97 Å². The molecule has 0 spiro atoms. The van der Waals surface area contributed by atoms with Crippen LogP contribution in [0.1, 0.15) is 56.7 Å². The number of imidazole rings is 1. The van der Waals surface area contributed by atoms with Gasteiger partial charge < -0.3 is 15.2 Å². The lowest BCUT2D eigenvalue weighted by molar-refractivity contribution is 0.595. The lowest BCUT2D eigenvalue weighted by atomic mass is 9.98. The molecular formula is C26H29N7O. The molecule has 6 rings (SSSR count). The van der Waals surface area contributed by atoms with Crippen molar-refractivity contribution < 1.29 is 0 Å². The fourth-order valence-corrected chi connectivity index (χ4v) is 4.90. The predicted octanol–water partition coefficient (Wildman–Crippen LogP) is 4.39. The van der Waals surface area contributed by atoms with E-state index in [1.165, 1.54) is 12.0 Å². The Balaban J connectivity index is 1.36. The van der Waals surface area contributed by atoms with E-state index in [0.29, 0.717) is 29.1 Å². The van der Waals surface area contributed by atoms with Crippen molar-refractivity contribution in [2.24, 2.45) is 0 Å². The maximum Gasteiger partial charge on any atom is 0.263 e. The Hall–Kier alpha value is -3.52. The minimum atomic E-state index is -0.0743. The SMILES string of the molecule is CC(C)n1c(=O)c(-c2nccn2C2CC2)cc2cnc(Nc3ccc(C4CCNC4)cc3)nc21. The number of benzene rings is 1. The molecule has 1 aliphatic carbocycles. The van der Waals surface area contributed by atoms with Crippen molar-refractivity contribution in [2.45, 2.75) is 51.1 Å². The van der Waals surface area contributed by atoms with Crippen molar-refractivity contribution >= 4 is 22.7 Å². The van der Waals surface area contributed by atoms with Crippen LogP contribution in [0.5, 0.6) is 0 Å². The summed E-state index contributed by atoms with van der Waals surface area (Å²) in [5.74, 6) is 1.78. The summed E-state index contributed by atoms with van der Waals surface area (Å²) in [5, 5.41) is 7.54. The second-order valence-corrected chi connectivity index (χ2v) is 9.63. The molecule has 2 aliphatic rings. The van der Waals surface area contributed by atoms with Gasteiger partial charge in [0.05, 0.1) is 5.56 Å². The highest BCUT2D eigenvalue weighted by Gasteiger charge is 2.27. The molecule has 2 fully saturated rings. The van der Waals surface area contributed by atoms with E-state index < -0.39 is 0 Å². The average Bonchev–Trinajstić information content (AvgIpc) is 3.31. The van der Waals surface area contributed by atoms with Crippen molar-refractivity contribution in [1.29, 1.82) is 0 Å². The third kappa shape index (κ3) is 3.77. The number of nitrogens with zero attached hydrogens (tertiary/aromatic N) is 5. The van der Waals surface area contributed by atoms with E-state index in [0.717, 1.165) is 42.8 Å². The Labute approximate surface area is 198 Å². The number of aromatic nitrogens is 5. The van der Waals surface area contributed by atoms with Gasteiger partial charge in [-0.1, -0.05) is 12.1 Å². The first kappa shape index (κ1) is 21.0. The van der Waals surface area contributed by atoms with Crippen LogP contribution in [0.3, 0.4) is 0 Å². The van der Waals surface area contributed by atoms with Crippen LogP contribution in [0.25, 0.3) is 22.4 Å². The molecule has 1 aromatic carbocycles. The fourth-order valence-electron chi connectivity index (χ4n) is 4.90. The summed E-state index contributed by atoms with van der Waals surface area (Å²) in [6.45, 7) is 6.13. The van der Waals surface area contributed by atoms with Crippen LogP contribution >= 0.6 is 0 Å². The Morgan fingerprint density at radius 3 is 2.65 bits per heavy atom. The number of anilines is 2. The molecule has 34 heavy (non-hydrogen) atoms. The highest BCUT2D eigenvalue weighted by Crippen LogP contribution is 2.37. The number of fused-ring (bicyclic) bond motifs is 1. The molecule has 1 saturated carbocycles. The molecule has 4 heterocycles. The molecule has 2 N–H and O–H groups in total. The zero-order chi connectivity index (χ0) is 23.2. The van der Waals surface area contributed by atoms with Gasteiger partial charge in [-0.2, -0.15) is 4.98 Å². The van der Waals surface area contributed by atoms with Gasteiger partial charge in [0.25, 0.3) is 5.56 Å². The molecule has 0 radical (unpaired) electrons. The maximum atomic E-state index is 13.6. The zero-order valence-electron chi connectivity index (χ0n) is 19.5. The Morgan fingerprint density at radius 2 is 1.94 bits per heavy atom. The number of hydrogen-bond acceptors (Lipinski definition) is 6. The van der Waals surface area contributed by atoms with Crippen LogP contribution < -0.4 is 16.2 Å². The molecule has 3 aromatic heterocycles. The van der Waals surface area contributed by atoms with Gasteiger partial charge in [-0.05, 0) is 69.3 Å². The number of pyridine rings is 1. The second-order valence-electron chi connectivity index (χ2n) is 9.63. The van der Waals surface area contributed by atoms with Crippen LogP contribution in [-0.2, 0) is 0 Å². The lowest BCUT2D eigenvalue weighted by Crippen LogP contribution is -2.25. The van der Waals surface area contributed by atoms with E-state index in [1.54, 1.807) is 17.0 Å². The van der Waals surface area contributed by atoms with E-state index in [9.17, 15) is 4.79 Å². The Bertz CT molecular complexity index is 1390. The molecular weight excluding hydrogens is 426 g/mol. The van der Waals surface area contributed by atoms with E-state index in [4.69, 9.17) is 4.98 Å². The summed E-state index contributed by atoms with van der Waals surface area (Å²) in [6, 6.07) is 10.7. The van der Waals surface area contributed by atoms with Gasteiger partial charge in [-0.15, -0.1) is 0 Å². The van der Waals surface area contributed by atoms with Crippen LogP contribution in [-0.4, -0.2) is 37.2 Å². The van der Waals surface area contributed by atoms with Gasteiger partial charge in [0.15, 0.2) is 0 Å². The Kier molecular flexibility index (Phi) is 5.17. The van der Waals surface area contributed by atoms with Gasteiger partial charge in [-0.3, -0.25) is 9.36 Å². The Morgan fingerprint density at radius 1 is 1.12 bits per heavy atom. The van der Waals surface area contributed by atoms with E-state index in [-0.39, 0.29) is 11.6 Å². The van der Waals surface area contributed by atoms with E-state index in [1.807, 2.05) is 26.1 Å². The number of nitrogens with one attached hydrogen (secondary N) is 2. The molecule has 0 amide bonds. The monoisotopic (exact) mass is 455 g/mol. The van der Waals surface area contributed by atoms with Crippen molar-refractivity contribution in [3.8, 4) is 11.4 Å². The second kappa shape index (κ2) is 8.36. The minimum absolute atomic E-state index is 0.0543. The zero-order valence-corrected chi connectivity index (χ0v) is 19.5. The lowest BCUT2D eigenvalue weighted by Gasteiger charge is -2.16. The van der Waals surface area contributed by atoms with Crippen molar-refractivity contribution in [1.82, 2.24) is 29.4 Å². The molecule has 1 saturated heterocycles.